The van der Waals surface area contributed by atoms with Gasteiger partial charge in [-0.15, -0.1) is 11.3 Å². The molecule has 1 heterocycles. The molecule has 0 aliphatic carbocycles. The number of nitrogens with zero attached hydrogens (tertiary/aromatic N) is 3. The summed E-state index contributed by atoms with van der Waals surface area (Å²) >= 11 is 4.81. The van der Waals surface area contributed by atoms with E-state index < -0.39 is 0 Å². The third-order valence-corrected chi connectivity index (χ3v) is 4.58. The van der Waals surface area contributed by atoms with Crippen LogP contribution in [0.25, 0.3) is 11.3 Å². The summed E-state index contributed by atoms with van der Waals surface area (Å²) in [5, 5.41) is 8.08. The highest BCUT2D eigenvalue weighted by Crippen LogP contribution is 2.28. The molecule has 1 amide bonds. The third kappa shape index (κ3) is 3.96. The number of carbonyl (C=O) groups excluding carboxylic acids is 1. The predicted octanol–water partition coefficient (Wildman–Crippen LogP) is 4.96. The molecule has 1 aromatic heterocycles. The topological polar surface area (TPSA) is 45.6 Å². The molecule has 0 N–H and O–H groups in total. The first kappa shape index (κ1) is 16.5. The fourth-order valence-corrected chi connectivity index (χ4v) is 3.14. The van der Waals surface area contributed by atoms with E-state index in [9.17, 15) is 4.79 Å². The number of benzene rings is 2. The number of rotatable bonds is 4. The van der Waals surface area contributed by atoms with Crippen molar-refractivity contribution in [2.75, 3.05) is 5.01 Å². The van der Waals surface area contributed by atoms with Gasteiger partial charge in [-0.1, -0.05) is 58.4 Å². The van der Waals surface area contributed by atoms with Crippen molar-refractivity contribution in [3.8, 4) is 11.3 Å². The Morgan fingerprint density at radius 1 is 1.17 bits per heavy atom. The van der Waals surface area contributed by atoms with Crippen LogP contribution in [0.15, 0.2) is 69.6 Å². The molecular weight excluding hydrogens is 386 g/mol. The Morgan fingerprint density at radius 3 is 2.54 bits per heavy atom. The highest BCUT2D eigenvalue weighted by atomic mass is 79.9. The predicted molar refractivity (Wildman–Crippen MR) is 102 cm³/mol. The lowest BCUT2D eigenvalue weighted by atomic mass is 10.2. The van der Waals surface area contributed by atoms with Gasteiger partial charge in [0.25, 0.3) is 0 Å². The van der Waals surface area contributed by atoms with E-state index >= 15 is 0 Å². The second kappa shape index (κ2) is 7.51. The third-order valence-electron chi connectivity index (χ3n) is 3.23. The van der Waals surface area contributed by atoms with Gasteiger partial charge in [0, 0.05) is 22.3 Å². The Balaban J connectivity index is 1.86. The molecule has 0 saturated heterocycles. The highest BCUT2D eigenvalue weighted by Gasteiger charge is 2.15. The molecule has 2 aromatic carbocycles. The van der Waals surface area contributed by atoms with E-state index in [1.54, 1.807) is 6.21 Å². The lowest BCUT2D eigenvalue weighted by molar-refractivity contribution is -0.116. The first-order valence-corrected chi connectivity index (χ1v) is 8.92. The Hall–Kier alpha value is -2.31. The molecule has 3 aromatic rings. The van der Waals surface area contributed by atoms with Crippen molar-refractivity contribution in [1.29, 1.82) is 0 Å². The smallest absolute Gasteiger partial charge is 0.246 e. The van der Waals surface area contributed by atoms with Crippen LogP contribution < -0.4 is 5.01 Å². The summed E-state index contributed by atoms with van der Waals surface area (Å²) in [5.41, 5.74) is 2.74. The van der Waals surface area contributed by atoms with Crippen LogP contribution in [0, 0.1) is 0 Å². The summed E-state index contributed by atoms with van der Waals surface area (Å²) in [6.45, 7) is 1.48. The molecule has 0 aliphatic rings. The standard InChI is InChI=1S/C18H14BrN3OS/c1-13(23)22(20-11-14-5-3-2-4-6-14)18-21-17(12-24-18)15-7-9-16(19)10-8-15/h2-12H,1H3. The molecule has 120 valence electrons. The Labute approximate surface area is 152 Å². The van der Waals surface area contributed by atoms with Crippen LogP contribution in [0.4, 0.5) is 5.13 Å². The zero-order chi connectivity index (χ0) is 16.9. The molecule has 0 spiro atoms. The van der Waals surface area contributed by atoms with Gasteiger partial charge >= 0.3 is 0 Å². The maximum atomic E-state index is 11.9. The SMILES string of the molecule is CC(=O)N(N=Cc1ccccc1)c1nc(-c2ccc(Br)cc2)cs1. The van der Waals surface area contributed by atoms with Crippen molar-refractivity contribution in [2.24, 2.45) is 5.10 Å². The summed E-state index contributed by atoms with van der Waals surface area (Å²) in [5.74, 6) is -0.182. The van der Waals surface area contributed by atoms with Crippen LogP contribution in [0.1, 0.15) is 12.5 Å². The van der Waals surface area contributed by atoms with E-state index in [2.05, 4.69) is 26.0 Å². The molecule has 0 unspecified atom stereocenters. The summed E-state index contributed by atoms with van der Waals surface area (Å²) in [6.07, 6.45) is 1.65. The van der Waals surface area contributed by atoms with E-state index in [-0.39, 0.29) is 5.91 Å². The second-order valence-corrected chi connectivity index (χ2v) is 6.76. The van der Waals surface area contributed by atoms with Crippen molar-refractivity contribution < 1.29 is 4.79 Å². The average Bonchev–Trinajstić information content (AvgIpc) is 3.06. The van der Waals surface area contributed by atoms with Crippen LogP contribution in [0.5, 0.6) is 0 Å². The summed E-state index contributed by atoms with van der Waals surface area (Å²) < 4.78 is 1.01. The summed E-state index contributed by atoms with van der Waals surface area (Å²) in [7, 11) is 0. The number of carbonyl (C=O) groups is 1. The minimum Gasteiger partial charge on any atom is -0.273 e. The van der Waals surface area contributed by atoms with E-state index in [0.29, 0.717) is 5.13 Å². The molecule has 0 bridgehead atoms. The van der Waals surface area contributed by atoms with Crippen LogP contribution in [0.3, 0.4) is 0 Å². The van der Waals surface area contributed by atoms with Crippen LogP contribution in [-0.4, -0.2) is 17.1 Å². The minimum atomic E-state index is -0.182. The van der Waals surface area contributed by atoms with Crippen molar-refractivity contribution in [1.82, 2.24) is 4.98 Å². The zero-order valence-corrected chi connectivity index (χ0v) is 15.3. The molecule has 0 radical (unpaired) electrons. The number of anilines is 1. The summed E-state index contributed by atoms with van der Waals surface area (Å²) in [4.78, 5) is 16.5. The number of hydrogen-bond donors (Lipinski definition) is 0. The monoisotopic (exact) mass is 399 g/mol. The molecule has 3 rings (SSSR count). The van der Waals surface area contributed by atoms with Crippen LogP contribution in [0.2, 0.25) is 0 Å². The fourth-order valence-electron chi connectivity index (χ4n) is 2.04. The summed E-state index contributed by atoms with van der Waals surface area (Å²) in [6, 6.07) is 17.5. The second-order valence-electron chi connectivity index (χ2n) is 5.01. The van der Waals surface area contributed by atoms with Gasteiger partial charge in [-0.3, -0.25) is 4.79 Å². The van der Waals surface area contributed by atoms with E-state index in [0.717, 1.165) is 21.3 Å². The fraction of sp³-hybridized carbons (Fsp3) is 0.0556. The first-order valence-electron chi connectivity index (χ1n) is 7.24. The largest absolute Gasteiger partial charge is 0.273 e. The lowest BCUT2D eigenvalue weighted by Crippen LogP contribution is -2.22. The van der Waals surface area contributed by atoms with Crippen molar-refractivity contribution >= 4 is 44.5 Å². The van der Waals surface area contributed by atoms with Gasteiger partial charge in [0.05, 0.1) is 11.9 Å². The van der Waals surface area contributed by atoms with Crippen molar-refractivity contribution in [3.05, 3.63) is 70.0 Å². The molecule has 0 atom stereocenters. The lowest BCUT2D eigenvalue weighted by Gasteiger charge is -2.10. The first-order chi connectivity index (χ1) is 11.6. The molecule has 0 aliphatic heterocycles. The number of amides is 1. The van der Waals surface area contributed by atoms with Gasteiger partial charge in [-0.2, -0.15) is 10.1 Å². The minimum absolute atomic E-state index is 0.182. The van der Waals surface area contributed by atoms with Crippen LogP contribution in [-0.2, 0) is 4.79 Å². The zero-order valence-electron chi connectivity index (χ0n) is 12.9. The Morgan fingerprint density at radius 2 is 1.88 bits per heavy atom. The van der Waals surface area contributed by atoms with Gasteiger partial charge in [0.1, 0.15) is 0 Å². The number of hydrogen-bond acceptors (Lipinski definition) is 4. The van der Waals surface area contributed by atoms with E-state index in [4.69, 9.17) is 0 Å². The van der Waals surface area contributed by atoms with E-state index in [1.807, 2.05) is 60.0 Å². The molecule has 0 fully saturated rings. The quantitative estimate of drug-likeness (QED) is 0.459. The molecule has 6 heteroatoms. The average molecular weight is 400 g/mol. The van der Waals surface area contributed by atoms with Gasteiger partial charge in [-0.05, 0) is 17.7 Å². The van der Waals surface area contributed by atoms with Crippen LogP contribution >= 0.6 is 27.3 Å². The number of hydrazone groups is 1. The molecular formula is C18H14BrN3OS. The Kier molecular flexibility index (Phi) is 5.17. The van der Waals surface area contributed by atoms with Gasteiger partial charge in [-0.25, -0.2) is 4.98 Å². The number of aromatic nitrogens is 1. The van der Waals surface area contributed by atoms with Crippen molar-refractivity contribution in [3.63, 3.8) is 0 Å². The molecule has 24 heavy (non-hydrogen) atoms. The molecule has 4 nitrogen and oxygen atoms in total. The van der Waals surface area contributed by atoms with Crippen molar-refractivity contribution in [2.45, 2.75) is 6.92 Å². The Bertz CT molecular complexity index is 859. The van der Waals surface area contributed by atoms with Gasteiger partial charge in [0.2, 0.25) is 11.0 Å². The maximum absolute atomic E-state index is 11.9. The van der Waals surface area contributed by atoms with E-state index in [1.165, 1.54) is 23.3 Å². The van der Waals surface area contributed by atoms with Gasteiger partial charge in [0.15, 0.2) is 0 Å². The number of halogens is 1. The number of thiazole rings is 1. The normalized spacial score (nSPS) is 10.9. The maximum Gasteiger partial charge on any atom is 0.246 e. The highest BCUT2D eigenvalue weighted by molar-refractivity contribution is 9.10. The van der Waals surface area contributed by atoms with Gasteiger partial charge < -0.3 is 0 Å². The molecule has 0 saturated carbocycles.